The Hall–Kier alpha value is -1.29. The van der Waals surface area contributed by atoms with Gasteiger partial charge < -0.3 is 0 Å². The first kappa shape index (κ1) is 10.2. The molecule has 0 radical (unpaired) electrons. The second-order valence-corrected chi connectivity index (χ2v) is 4.51. The minimum absolute atomic E-state index is 0.00917. The van der Waals surface area contributed by atoms with Gasteiger partial charge in [0.15, 0.2) is 0 Å². The van der Waals surface area contributed by atoms with Crippen molar-refractivity contribution in [3.8, 4) is 0 Å². The highest BCUT2D eigenvalue weighted by atomic mass is 32.2. The first-order valence-corrected chi connectivity index (χ1v) is 5.95. The Kier molecular flexibility index (Phi) is 2.52. The van der Waals surface area contributed by atoms with Gasteiger partial charge in [-0.2, -0.15) is 0 Å². The van der Waals surface area contributed by atoms with E-state index < -0.39 is 11.7 Å². The second kappa shape index (κ2) is 3.70. The van der Waals surface area contributed by atoms with Crippen LogP contribution in [0.3, 0.4) is 0 Å². The number of hydrogen-bond donors (Lipinski definition) is 0. The summed E-state index contributed by atoms with van der Waals surface area (Å²) in [5, 5.41) is -0.00917. The number of anilines is 1. The topological polar surface area (TPSA) is 37.4 Å². The third-order valence-electron chi connectivity index (χ3n) is 2.53. The van der Waals surface area contributed by atoms with E-state index in [0.29, 0.717) is 5.56 Å². The van der Waals surface area contributed by atoms with Crippen LogP contribution in [0.2, 0.25) is 0 Å². The first-order valence-electron chi connectivity index (χ1n) is 4.66. The lowest BCUT2D eigenvalue weighted by Crippen LogP contribution is -2.35. The van der Waals surface area contributed by atoms with Gasteiger partial charge in [-0.3, -0.25) is 14.5 Å². The van der Waals surface area contributed by atoms with Gasteiger partial charge >= 0.3 is 0 Å². The molecule has 2 rings (SSSR count). The van der Waals surface area contributed by atoms with Crippen molar-refractivity contribution in [1.29, 1.82) is 0 Å². The number of carbonyl (C=O) groups excluding carboxylic acids is 2. The Morgan fingerprint density at radius 1 is 1.27 bits per heavy atom. The molecule has 0 fully saturated rings. The number of para-hydroxylation sites is 1. The van der Waals surface area contributed by atoms with Crippen LogP contribution in [0.25, 0.3) is 0 Å². The fraction of sp³-hybridized carbons (Fsp3) is 0.273. The van der Waals surface area contributed by atoms with Crippen LogP contribution in [0.5, 0.6) is 0 Å². The van der Waals surface area contributed by atoms with Gasteiger partial charge in [0.2, 0.25) is 0 Å². The summed E-state index contributed by atoms with van der Waals surface area (Å²) in [5.74, 6) is -0.815. The maximum absolute atomic E-state index is 11.7. The standard InChI is InChI=1S/C11H11NO2S/c1-7(15-2)12-9-6-4-3-5-8(9)10(13)11(12)14/h3-7H,1-2H3. The number of ketones is 1. The molecule has 3 nitrogen and oxygen atoms in total. The minimum atomic E-state index is -0.418. The summed E-state index contributed by atoms with van der Waals surface area (Å²) < 4.78 is 0. The van der Waals surface area contributed by atoms with E-state index in [1.165, 1.54) is 0 Å². The summed E-state index contributed by atoms with van der Waals surface area (Å²) in [5.41, 5.74) is 1.25. The Morgan fingerprint density at radius 3 is 2.60 bits per heavy atom. The van der Waals surface area contributed by atoms with E-state index in [9.17, 15) is 9.59 Å². The lowest BCUT2D eigenvalue weighted by Gasteiger charge is -2.22. The normalized spacial score (nSPS) is 16.8. The monoisotopic (exact) mass is 221 g/mol. The number of thioether (sulfide) groups is 1. The highest BCUT2D eigenvalue weighted by molar-refractivity contribution is 7.99. The molecule has 1 heterocycles. The number of rotatable bonds is 2. The van der Waals surface area contributed by atoms with Crippen molar-refractivity contribution < 1.29 is 9.59 Å². The molecular formula is C11H11NO2S. The van der Waals surface area contributed by atoms with Crippen LogP contribution in [0.1, 0.15) is 17.3 Å². The zero-order chi connectivity index (χ0) is 11.0. The fourth-order valence-electron chi connectivity index (χ4n) is 1.68. The molecule has 1 amide bonds. The first-order chi connectivity index (χ1) is 7.16. The molecule has 1 aromatic carbocycles. The van der Waals surface area contributed by atoms with E-state index in [1.54, 1.807) is 28.8 Å². The average Bonchev–Trinajstić information content (AvgIpc) is 2.52. The number of nitrogens with zero attached hydrogens (tertiary/aromatic N) is 1. The zero-order valence-electron chi connectivity index (χ0n) is 8.56. The highest BCUT2D eigenvalue weighted by Gasteiger charge is 2.37. The molecule has 15 heavy (non-hydrogen) atoms. The molecule has 1 unspecified atom stereocenters. The molecule has 0 N–H and O–H groups in total. The van der Waals surface area contributed by atoms with Crippen LogP contribution >= 0.6 is 11.8 Å². The highest BCUT2D eigenvalue weighted by Crippen LogP contribution is 2.32. The average molecular weight is 221 g/mol. The van der Waals surface area contributed by atoms with Crippen molar-refractivity contribution >= 4 is 29.1 Å². The molecule has 1 aromatic rings. The predicted molar refractivity (Wildman–Crippen MR) is 61.2 cm³/mol. The van der Waals surface area contributed by atoms with Crippen LogP contribution in [-0.4, -0.2) is 23.3 Å². The van der Waals surface area contributed by atoms with Crippen molar-refractivity contribution in [2.75, 3.05) is 11.2 Å². The van der Waals surface area contributed by atoms with E-state index in [2.05, 4.69) is 0 Å². The summed E-state index contributed by atoms with van der Waals surface area (Å²) in [7, 11) is 0. The van der Waals surface area contributed by atoms with Gasteiger partial charge in [0, 0.05) is 0 Å². The van der Waals surface area contributed by atoms with Gasteiger partial charge in [-0.25, -0.2) is 0 Å². The van der Waals surface area contributed by atoms with Crippen LogP contribution in [0.15, 0.2) is 24.3 Å². The third-order valence-corrected chi connectivity index (χ3v) is 3.42. The molecule has 0 aliphatic carbocycles. The summed E-state index contributed by atoms with van der Waals surface area (Å²) in [6.45, 7) is 1.91. The Bertz CT molecular complexity index is 430. The predicted octanol–water partition coefficient (Wildman–Crippen LogP) is 1.92. The number of amides is 1. The van der Waals surface area contributed by atoms with E-state index in [1.807, 2.05) is 25.3 Å². The van der Waals surface area contributed by atoms with E-state index >= 15 is 0 Å². The summed E-state index contributed by atoms with van der Waals surface area (Å²) in [6, 6.07) is 7.12. The number of fused-ring (bicyclic) bond motifs is 1. The lowest BCUT2D eigenvalue weighted by molar-refractivity contribution is -0.114. The molecule has 1 aliphatic rings. The number of benzene rings is 1. The maximum atomic E-state index is 11.7. The molecule has 0 aromatic heterocycles. The molecule has 0 saturated heterocycles. The number of carbonyl (C=O) groups is 2. The van der Waals surface area contributed by atoms with Crippen molar-refractivity contribution in [3.63, 3.8) is 0 Å². The Morgan fingerprint density at radius 2 is 1.93 bits per heavy atom. The van der Waals surface area contributed by atoms with Crippen molar-refractivity contribution in [2.45, 2.75) is 12.3 Å². The molecule has 0 saturated carbocycles. The second-order valence-electron chi connectivity index (χ2n) is 3.36. The van der Waals surface area contributed by atoms with Gasteiger partial charge in [0.25, 0.3) is 11.7 Å². The molecule has 78 valence electrons. The van der Waals surface area contributed by atoms with Crippen molar-refractivity contribution in [1.82, 2.24) is 0 Å². The van der Waals surface area contributed by atoms with Crippen LogP contribution < -0.4 is 4.90 Å². The van der Waals surface area contributed by atoms with E-state index in [0.717, 1.165) is 5.69 Å². The molecule has 1 atom stereocenters. The molecule has 0 spiro atoms. The van der Waals surface area contributed by atoms with Gasteiger partial charge in [-0.05, 0) is 25.3 Å². The third kappa shape index (κ3) is 1.45. The summed E-state index contributed by atoms with van der Waals surface area (Å²) in [4.78, 5) is 24.9. The van der Waals surface area contributed by atoms with E-state index in [4.69, 9.17) is 0 Å². The Labute approximate surface area is 92.5 Å². The van der Waals surface area contributed by atoms with Crippen LogP contribution in [-0.2, 0) is 4.79 Å². The van der Waals surface area contributed by atoms with E-state index in [-0.39, 0.29) is 5.37 Å². The maximum Gasteiger partial charge on any atom is 0.300 e. The van der Waals surface area contributed by atoms with Crippen molar-refractivity contribution in [3.05, 3.63) is 29.8 Å². The molecular weight excluding hydrogens is 210 g/mol. The minimum Gasteiger partial charge on any atom is -0.293 e. The smallest absolute Gasteiger partial charge is 0.293 e. The largest absolute Gasteiger partial charge is 0.300 e. The van der Waals surface area contributed by atoms with Gasteiger partial charge in [-0.1, -0.05) is 12.1 Å². The number of hydrogen-bond acceptors (Lipinski definition) is 3. The zero-order valence-corrected chi connectivity index (χ0v) is 9.38. The summed E-state index contributed by atoms with van der Waals surface area (Å²) >= 11 is 1.54. The van der Waals surface area contributed by atoms with Crippen molar-refractivity contribution in [2.24, 2.45) is 0 Å². The van der Waals surface area contributed by atoms with Crippen LogP contribution in [0, 0.1) is 0 Å². The van der Waals surface area contributed by atoms with Crippen LogP contribution in [0.4, 0.5) is 5.69 Å². The molecule has 4 heteroatoms. The van der Waals surface area contributed by atoms with Gasteiger partial charge in [0.05, 0.1) is 16.6 Å². The molecule has 0 bridgehead atoms. The van der Waals surface area contributed by atoms with Gasteiger partial charge in [0.1, 0.15) is 0 Å². The molecule has 1 aliphatic heterocycles. The summed E-state index contributed by atoms with van der Waals surface area (Å²) in [6.07, 6.45) is 1.92. The Balaban J connectivity index is 2.51. The van der Waals surface area contributed by atoms with Gasteiger partial charge in [-0.15, -0.1) is 11.8 Å². The fourth-order valence-corrected chi connectivity index (χ4v) is 2.10. The SMILES string of the molecule is CSC(C)N1C(=O)C(=O)c2ccccc21. The quantitative estimate of drug-likeness (QED) is 0.716. The number of Topliss-reactive ketones (excluding diaryl/α,β-unsaturated/α-hetero) is 1. The lowest BCUT2D eigenvalue weighted by atomic mass is 10.1.